The quantitative estimate of drug-likeness (QED) is 0.875. The third-order valence-corrected chi connectivity index (χ3v) is 4.59. The summed E-state index contributed by atoms with van der Waals surface area (Å²) in [5.74, 6) is 1.50. The maximum Gasteiger partial charge on any atom is 0.0954 e. The molecule has 96 valence electrons. The second-order valence-corrected chi connectivity index (χ2v) is 5.47. The predicted octanol–water partition coefficient (Wildman–Crippen LogP) is 2.83. The first-order valence-corrected chi connectivity index (χ1v) is 6.87. The van der Waals surface area contributed by atoms with Gasteiger partial charge in [0.25, 0.3) is 0 Å². The van der Waals surface area contributed by atoms with E-state index in [2.05, 4.69) is 30.3 Å². The number of nitrogens with zero attached hydrogens (tertiary/aromatic N) is 2. The van der Waals surface area contributed by atoms with Gasteiger partial charge in [-0.05, 0) is 51.5 Å². The van der Waals surface area contributed by atoms with Gasteiger partial charge in [0.2, 0.25) is 0 Å². The Morgan fingerprint density at radius 2 is 2.18 bits per heavy atom. The van der Waals surface area contributed by atoms with Crippen LogP contribution in [0.5, 0.6) is 0 Å². The predicted molar refractivity (Wildman–Crippen MR) is 70.9 cm³/mol. The standard InChI is InChI=1S/C14H25N3/c1-4-12-5-6-13(8-15)14(7-12)17-9-16-10(2)11(17)3/h9,12-14H,4-8,15H2,1-3H3. The highest BCUT2D eigenvalue weighted by Gasteiger charge is 2.30. The highest BCUT2D eigenvalue weighted by Crippen LogP contribution is 2.38. The molecule has 1 saturated carbocycles. The fourth-order valence-corrected chi connectivity index (χ4v) is 3.13. The van der Waals surface area contributed by atoms with Gasteiger partial charge in [0.1, 0.15) is 0 Å². The van der Waals surface area contributed by atoms with E-state index in [9.17, 15) is 0 Å². The Hall–Kier alpha value is -0.830. The van der Waals surface area contributed by atoms with Crippen LogP contribution in [-0.2, 0) is 0 Å². The van der Waals surface area contributed by atoms with Crippen LogP contribution in [-0.4, -0.2) is 16.1 Å². The average Bonchev–Trinajstić information content (AvgIpc) is 2.69. The van der Waals surface area contributed by atoms with Gasteiger partial charge in [0.05, 0.1) is 12.0 Å². The Morgan fingerprint density at radius 1 is 1.41 bits per heavy atom. The van der Waals surface area contributed by atoms with Crippen LogP contribution < -0.4 is 5.73 Å². The van der Waals surface area contributed by atoms with E-state index in [1.54, 1.807) is 0 Å². The zero-order valence-electron chi connectivity index (χ0n) is 11.3. The summed E-state index contributed by atoms with van der Waals surface area (Å²) >= 11 is 0. The Balaban J connectivity index is 2.23. The van der Waals surface area contributed by atoms with Gasteiger partial charge in [-0.1, -0.05) is 13.3 Å². The molecule has 3 nitrogen and oxygen atoms in total. The molecule has 1 aliphatic carbocycles. The van der Waals surface area contributed by atoms with E-state index in [1.165, 1.54) is 31.4 Å². The Morgan fingerprint density at radius 3 is 2.71 bits per heavy atom. The Labute approximate surface area is 104 Å². The van der Waals surface area contributed by atoms with Gasteiger partial charge in [-0.25, -0.2) is 4.98 Å². The third-order valence-electron chi connectivity index (χ3n) is 4.59. The topological polar surface area (TPSA) is 43.8 Å². The number of rotatable bonds is 3. The lowest BCUT2D eigenvalue weighted by atomic mass is 9.77. The second-order valence-electron chi connectivity index (χ2n) is 5.47. The summed E-state index contributed by atoms with van der Waals surface area (Å²) in [5.41, 5.74) is 8.40. The maximum absolute atomic E-state index is 5.94. The molecule has 0 saturated heterocycles. The summed E-state index contributed by atoms with van der Waals surface area (Å²) in [6, 6.07) is 0.569. The van der Waals surface area contributed by atoms with Crippen molar-refractivity contribution in [2.75, 3.05) is 6.54 Å². The summed E-state index contributed by atoms with van der Waals surface area (Å²) in [4.78, 5) is 4.43. The summed E-state index contributed by atoms with van der Waals surface area (Å²) < 4.78 is 2.37. The highest BCUT2D eigenvalue weighted by atomic mass is 15.1. The minimum absolute atomic E-state index is 0.569. The van der Waals surface area contributed by atoms with Crippen LogP contribution in [0.3, 0.4) is 0 Å². The summed E-state index contributed by atoms with van der Waals surface area (Å²) in [5, 5.41) is 0. The fourth-order valence-electron chi connectivity index (χ4n) is 3.13. The van der Waals surface area contributed by atoms with Crippen molar-refractivity contribution in [1.29, 1.82) is 0 Å². The average molecular weight is 235 g/mol. The lowest BCUT2D eigenvalue weighted by Gasteiger charge is -2.36. The molecule has 1 aliphatic rings. The second kappa shape index (κ2) is 5.21. The molecule has 17 heavy (non-hydrogen) atoms. The summed E-state index contributed by atoms with van der Waals surface area (Å²) in [7, 11) is 0. The Bertz CT molecular complexity index is 370. The molecule has 1 fully saturated rings. The Kier molecular flexibility index (Phi) is 3.87. The van der Waals surface area contributed by atoms with Crippen LogP contribution in [0.1, 0.15) is 50.0 Å². The number of imidazole rings is 1. The molecular formula is C14H25N3. The van der Waals surface area contributed by atoms with Gasteiger partial charge >= 0.3 is 0 Å². The van der Waals surface area contributed by atoms with Crippen molar-refractivity contribution < 1.29 is 0 Å². The molecule has 1 aromatic rings. The molecule has 3 unspecified atom stereocenters. The summed E-state index contributed by atoms with van der Waals surface area (Å²) in [6.07, 6.45) is 7.20. The fraction of sp³-hybridized carbons (Fsp3) is 0.786. The first kappa shape index (κ1) is 12.6. The lowest BCUT2D eigenvalue weighted by molar-refractivity contribution is 0.182. The van der Waals surface area contributed by atoms with E-state index in [0.29, 0.717) is 12.0 Å². The van der Waals surface area contributed by atoms with E-state index in [4.69, 9.17) is 5.73 Å². The van der Waals surface area contributed by atoms with Crippen molar-refractivity contribution >= 4 is 0 Å². The molecule has 0 radical (unpaired) electrons. The van der Waals surface area contributed by atoms with Crippen molar-refractivity contribution in [3.8, 4) is 0 Å². The molecule has 0 spiro atoms. The van der Waals surface area contributed by atoms with E-state index in [1.807, 2.05) is 6.33 Å². The van der Waals surface area contributed by atoms with Crippen molar-refractivity contribution in [3.05, 3.63) is 17.7 Å². The van der Waals surface area contributed by atoms with Gasteiger partial charge in [0.15, 0.2) is 0 Å². The number of aryl methyl sites for hydroxylation is 1. The van der Waals surface area contributed by atoms with Crippen molar-refractivity contribution in [2.24, 2.45) is 17.6 Å². The van der Waals surface area contributed by atoms with Gasteiger partial charge in [-0.15, -0.1) is 0 Å². The molecule has 3 heteroatoms. The molecule has 0 amide bonds. The molecule has 0 aromatic carbocycles. The van der Waals surface area contributed by atoms with E-state index in [-0.39, 0.29) is 0 Å². The number of hydrogen-bond donors (Lipinski definition) is 1. The van der Waals surface area contributed by atoms with E-state index in [0.717, 1.165) is 18.2 Å². The zero-order chi connectivity index (χ0) is 12.4. The van der Waals surface area contributed by atoms with Gasteiger partial charge in [-0.3, -0.25) is 0 Å². The van der Waals surface area contributed by atoms with Crippen molar-refractivity contribution in [3.63, 3.8) is 0 Å². The van der Waals surface area contributed by atoms with E-state index >= 15 is 0 Å². The smallest absolute Gasteiger partial charge is 0.0954 e. The SMILES string of the molecule is CCC1CCC(CN)C(n2cnc(C)c2C)C1. The molecule has 1 aromatic heterocycles. The van der Waals surface area contributed by atoms with Crippen LogP contribution in [0.15, 0.2) is 6.33 Å². The van der Waals surface area contributed by atoms with E-state index < -0.39 is 0 Å². The summed E-state index contributed by atoms with van der Waals surface area (Å²) in [6.45, 7) is 7.36. The van der Waals surface area contributed by atoms with Crippen LogP contribution >= 0.6 is 0 Å². The van der Waals surface area contributed by atoms with Crippen LogP contribution in [0.4, 0.5) is 0 Å². The van der Waals surface area contributed by atoms with Gasteiger partial charge in [0, 0.05) is 11.7 Å². The number of aromatic nitrogens is 2. The molecule has 0 bridgehead atoms. The molecule has 0 aliphatic heterocycles. The van der Waals surface area contributed by atoms with Crippen molar-refractivity contribution in [2.45, 2.75) is 52.5 Å². The highest BCUT2D eigenvalue weighted by molar-refractivity contribution is 5.10. The first-order chi connectivity index (χ1) is 8.17. The minimum Gasteiger partial charge on any atom is -0.331 e. The largest absolute Gasteiger partial charge is 0.331 e. The molecule has 1 heterocycles. The number of hydrogen-bond acceptors (Lipinski definition) is 2. The van der Waals surface area contributed by atoms with Crippen LogP contribution in [0, 0.1) is 25.7 Å². The third kappa shape index (κ3) is 2.39. The van der Waals surface area contributed by atoms with Crippen LogP contribution in [0.25, 0.3) is 0 Å². The molecule has 2 rings (SSSR count). The lowest BCUT2D eigenvalue weighted by Crippen LogP contribution is -2.32. The van der Waals surface area contributed by atoms with Gasteiger partial charge in [-0.2, -0.15) is 0 Å². The molecule has 3 atom stereocenters. The monoisotopic (exact) mass is 235 g/mol. The van der Waals surface area contributed by atoms with Gasteiger partial charge < -0.3 is 10.3 Å². The maximum atomic E-state index is 5.94. The molecular weight excluding hydrogens is 210 g/mol. The molecule has 2 N–H and O–H groups in total. The minimum atomic E-state index is 0.569. The normalized spacial score (nSPS) is 29.5. The van der Waals surface area contributed by atoms with Crippen LogP contribution in [0.2, 0.25) is 0 Å². The van der Waals surface area contributed by atoms with Crippen molar-refractivity contribution in [1.82, 2.24) is 9.55 Å². The zero-order valence-corrected chi connectivity index (χ0v) is 11.3. The number of nitrogens with two attached hydrogens (primary N) is 1. The first-order valence-electron chi connectivity index (χ1n) is 6.87.